The number of hydrogen-bond donors (Lipinski definition) is 1. The van der Waals surface area contributed by atoms with Crippen molar-refractivity contribution in [3.8, 4) is 0 Å². The molecule has 2 rings (SSSR count). The van der Waals surface area contributed by atoms with E-state index in [-0.39, 0.29) is 5.91 Å². The summed E-state index contributed by atoms with van der Waals surface area (Å²) in [6, 6.07) is 7.46. The Kier molecular flexibility index (Phi) is 4.41. The molecule has 0 unspecified atom stereocenters. The molecule has 4 nitrogen and oxygen atoms in total. The zero-order chi connectivity index (χ0) is 12.8. The van der Waals surface area contributed by atoms with E-state index >= 15 is 0 Å². The van der Waals surface area contributed by atoms with Gasteiger partial charge in [0.1, 0.15) is 4.60 Å². The predicted molar refractivity (Wildman–Crippen MR) is 71.7 cm³/mol. The SMILES string of the molecule is O=C(Cc1cccnc1Br)NCc1cccnc1. The largest absolute Gasteiger partial charge is 0.352 e. The van der Waals surface area contributed by atoms with Crippen molar-refractivity contribution in [3.63, 3.8) is 0 Å². The average molecular weight is 306 g/mol. The van der Waals surface area contributed by atoms with Gasteiger partial charge in [-0.25, -0.2) is 4.98 Å². The van der Waals surface area contributed by atoms with Crippen LogP contribution in [0.3, 0.4) is 0 Å². The third-order valence-electron chi connectivity index (χ3n) is 2.40. The number of carbonyl (C=O) groups excluding carboxylic acids is 1. The Morgan fingerprint density at radius 3 is 2.83 bits per heavy atom. The lowest BCUT2D eigenvalue weighted by Crippen LogP contribution is -2.24. The van der Waals surface area contributed by atoms with E-state index in [2.05, 4.69) is 31.2 Å². The molecule has 2 aromatic heterocycles. The van der Waals surface area contributed by atoms with Crippen molar-refractivity contribution in [3.05, 3.63) is 58.6 Å². The number of nitrogens with one attached hydrogen (secondary N) is 1. The van der Waals surface area contributed by atoms with E-state index in [1.165, 1.54) is 0 Å². The van der Waals surface area contributed by atoms with Crippen LogP contribution >= 0.6 is 15.9 Å². The maximum absolute atomic E-state index is 11.8. The van der Waals surface area contributed by atoms with Gasteiger partial charge in [0, 0.05) is 25.1 Å². The normalized spacial score (nSPS) is 10.1. The minimum atomic E-state index is -0.0347. The minimum absolute atomic E-state index is 0.0347. The van der Waals surface area contributed by atoms with Gasteiger partial charge < -0.3 is 5.32 Å². The molecule has 0 spiro atoms. The van der Waals surface area contributed by atoms with Gasteiger partial charge in [-0.15, -0.1) is 0 Å². The second-order valence-corrected chi connectivity index (χ2v) is 4.52. The minimum Gasteiger partial charge on any atom is -0.352 e. The first-order chi connectivity index (χ1) is 8.75. The summed E-state index contributed by atoms with van der Waals surface area (Å²) in [7, 11) is 0. The molecule has 0 radical (unpaired) electrons. The summed E-state index contributed by atoms with van der Waals surface area (Å²) < 4.78 is 0.710. The molecule has 0 aromatic carbocycles. The van der Waals surface area contributed by atoms with Crippen molar-refractivity contribution in [2.24, 2.45) is 0 Å². The molecule has 5 heteroatoms. The lowest BCUT2D eigenvalue weighted by Gasteiger charge is -2.06. The first kappa shape index (κ1) is 12.7. The summed E-state index contributed by atoms with van der Waals surface area (Å²) in [5, 5.41) is 2.85. The third kappa shape index (κ3) is 3.63. The smallest absolute Gasteiger partial charge is 0.224 e. The lowest BCUT2D eigenvalue weighted by molar-refractivity contribution is -0.120. The molecular weight excluding hydrogens is 294 g/mol. The van der Waals surface area contributed by atoms with Crippen LogP contribution in [0.5, 0.6) is 0 Å². The van der Waals surface area contributed by atoms with E-state index in [1.807, 2.05) is 24.3 Å². The van der Waals surface area contributed by atoms with Crippen molar-refractivity contribution in [2.45, 2.75) is 13.0 Å². The molecule has 0 atom stereocenters. The topological polar surface area (TPSA) is 54.9 Å². The van der Waals surface area contributed by atoms with Crippen LogP contribution in [0.1, 0.15) is 11.1 Å². The van der Waals surface area contributed by atoms with Crippen LogP contribution in [-0.4, -0.2) is 15.9 Å². The second kappa shape index (κ2) is 6.26. The van der Waals surface area contributed by atoms with Crippen molar-refractivity contribution in [1.82, 2.24) is 15.3 Å². The second-order valence-electron chi connectivity index (χ2n) is 3.77. The molecule has 92 valence electrons. The Labute approximate surface area is 114 Å². The molecule has 0 aliphatic rings. The highest BCUT2D eigenvalue weighted by atomic mass is 79.9. The van der Waals surface area contributed by atoms with E-state index in [4.69, 9.17) is 0 Å². The summed E-state index contributed by atoms with van der Waals surface area (Å²) in [5.74, 6) is -0.0347. The van der Waals surface area contributed by atoms with Crippen LogP contribution in [0.25, 0.3) is 0 Å². The number of aromatic nitrogens is 2. The van der Waals surface area contributed by atoms with Crippen LogP contribution in [-0.2, 0) is 17.8 Å². The van der Waals surface area contributed by atoms with Gasteiger partial charge >= 0.3 is 0 Å². The summed E-state index contributed by atoms with van der Waals surface area (Å²) in [6.45, 7) is 0.491. The molecule has 0 aliphatic carbocycles. The molecule has 0 fully saturated rings. The summed E-state index contributed by atoms with van der Waals surface area (Å²) in [6.07, 6.45) is 5.44. The highest BCUT2D eigenvalue weighted by Gasteiger charge is 2.06. The van der Waals surface area contributed by atoms with Crippen LogP contribution in [0.15, 0.2) is 47.5 Å². The van der Waals surface area contributed by atoms with Crippen LogP contribution in [0.4, 0.5) is 0 Å². The Morgan fingerprint density at radius 2 is 2.11 bits per heavy atom. The monoisotopic (exact) mass is 305 g/mol. The van der Waals surface area contributed by atoms with Crippen molar-refractivity contribution in [1.29, 1.82) is 0 Å². The van der Waals surface area contributed by atoms with Crippen LogP contribution in [0.2, 0.25) is 0 Å². The molecule has 2 aromatic rings. The van der Waals surface area contributed by atoms with Gasteiger partial charge in [-0.2, -0.15) is 0 Å². The predicted octanol–water partition coefficient (Wildman–Crippen LogP) is 2.10. The maximum Gasteiger partial charge on any atom is 0.224 e. The maximum atomic E-state index is 11.8. The van der Waals surface area contributed by atoms with Crippen LogP contribution in [0, 0.1) is 0 Å². The van der Waals surface area contributed by atoms with Gasteiger partial charge in [-0.1, -0.05) is 12.1 Å². The van der Waals surface area contributed by atoms with E-state index in [9.17, 15) is 4.79 Å². The van der Waals surface area contributed by atoms with E-state index in [0.717, 1.165) is 11.1 Å². The number of rotatable bonds is 4. The van der Waals surface area contributed by atoms with Crippen molar-refractivity contribution < 1.29 is 4.79 Å². The van der Waals surface area contributed by atoms with E-state index in [0.29, 0.717) is 17.6 Å². The van der Waals surface area contributed by atoms with Gasteiger partial charge in [-0.3, -0.25) is 9.78 Å². The number of hydrogen-bond acceptors (Lipinski definition) is 3. The van der Waals surface area contributed by atoms with Crippen LogP contribution < -0.4 is 5.32 Å². The number of nitrogens with zero attached hydrogens (tertiary/aromatic N) is 2. The van der Waals surface area contributed by atoms with Gasteiger partial charge in [0.2, 0.25) is 5.91 Å². The summed E-state index contributed by atoms with van der Waals surface area (Å²) in [4.78, 5) is 19.8. The molecule has 1 N–H and O–H groups in total. The fraction of sp³-hybridized carbons (Fsp3) is 0.154. The number of amides is 1. The molecular formula is C13H12BrN3O. The number of carbonyl (C=O) groups is 1. The molecule has 18 heavy (non-hydrogen) atoms. The average Bonchev–Trinajstić information content (AvgIpc) is 2.40. The summed E-state index contributed by atoms with van der Waals surface area (Å²) >= 11 is 3.32. The summed E-state index contributed by atoms with van der Waals surface area (Å²) in [5.41, 5.74) is 1.86. The third-order valence-corrected chi connectivity index (χ3v) is 3.11. The Morgan fingerprint density at radius 1 is 1.28 bits per heavy atom. The van der Waals surface area contributed by atoms with Gasteiger partial charge in [0.05, 0.1) is 6.42 Å². The van der Waals surface area contributed by atoms with E-state index in [1.54, 1.807) is 18.6 Å². The lowest BCUT2D eigenvalue weighted by atomic mass is 10.2. The van der Waals surface area contributed by atoms with Crippen molar-refractivity contribution >= 4 is 21.8 Å². The number of halogens is 1. The molecule has 0 bridgehead atoms. The molecule has 0 saturated carbocycles. The molecule has 1 amide bonds. The zero-order valence-electron chi connectivity index (χ0n) is 9.64. The highest BCUT2D eigenvalue weighted by Crippen LogP contribution is 2.12. The fourth-order valence-electron chi connectivity index (χ4n) is 1.49. The van der Waals surface area contributed by atoms with Gasteiger partial charge in [0.25, 0.3) is 0 Å². The Balaban J connectivity index is 1.88. The van der Waals surface area contributed by atoms with Gasteiger partial charge in [-0.05, 0) is 39.2 Å². The molecule has 2 heterocycles. The standard InChI is InChI=1S/C13H12BrN3O/c14-13-11(4-2-6-16-13)7-12(18)17-9-10-3-1-5-15-8-10/h1-6,8H,7,9H2,(H,17,18). The first-order valence-electron chi connectivity index (χ1n) is 5.50. The quantitative estimate of drug-likeness (QED) is 0.880. The van der Waals surface area contributed by atoms with Gasteiger partial charge in [0.15, 0.2) is 0 Å². The fourth-order valence-corrected chi connectivity index (χ4v) is 1.88. The Hall–Kier alpha value is -1.75. The Bertz CT molecular complexity index is 531. The molecule has 0 saturated heterocycles. The highest BCUT2D eigenvalue weighted by molar-refractivity contribution is 9.10. The first-order valence-corrected chi connectivity index (χ1v) is 6.30. The zero-order valence-corrected chi connectivity index (χ0v) is 11.2. The van der Waals surface area contributed by atoms with E-state index < -0.39 is 0 Å². The number of pyridine rings is 2. The molecule has 0 aliphatic heterocycles. The van der Waals surface area contributed by atoms with Crippen molar-refractivity contribution in [2.75, 3.05) is 0 Å².